The summed E-state index contributed by atoms with van der Waals surface area (Å²) in [7, 11) is 1.91. The minimum absolute atomic E-state index is 0.108. The fourth-order valence-electron chi connectivity index (χ4n) is 2.15. The van der Waals surface area contributed by atoms with Gasteiger partial charge in [-0.3, -0.25) is 9.59 Å². The summed E-state index contributed by atoms with van der Waals surface area (Å²) in [6.45, 7) is 2.88. The largest absolute Gasteiger partial charge is 0.365 e. The first-order valence-electron chi connectivity index (χ1n) is 6.44. The lowest BCUT2D eigenvalue weighted by atomic mass is 10.3. The van der Waals surface area contributed by atoms with E-state index in [-0.39, 0.29) is 5.91 Å². The molecule has 1 heterocycles. The minimum Gasteiger partial charge on any atom is -0.365 e. The molecule has 0 bridgehead atoms. The second kappa shape index (κ2) is 6.22. The van der Waals surface area contributed by atoms with Crippen molar-refractivity contribution in [2.24, 2.45) is 0 Å². The first-order chi connectivity index (χ1) is 9.20. The van der Waals surface area contributed by atoms with Gasteiger partial charge in [-0.05, 0) is 12.1 Å². The monoisotopic (exact) mass is 261 g/mol. The van der Waals surface area contributed by atoms with Gasteiger partial charge in [-0.15, -0.1) is 0 Å². The molecule has 1 saturated heterocycles. The highest BCUT2D eigenvalue weighted by molar-refractivity contribution is 5.81. The van der Waals surface area contributed by atoms with Crippen LogP contribution < -0.4 is 4.90 Å². The molecule has 2 rings (SSSR count). The zero-order valence-electron chi connectivity index (χ0n) is 11.2. The van der Waals surface area contributed by atoms with Gasteiger partial charge >= 0.3 is 0 Å². The topological polar surface area (TPSA) is 43.9 Å². The maximum atomic E-state index is 12.2. The maximum Gasteiger partial charge on any atom is 0.242 e. The number of anilines is 1. The lowest BCUT2D eigenvalue weighted by Crippen LogP contribution is -2.50. The Bertz CT molecular complexity index is 428. The van der Waals surface area contributed by atoms with Gasteiger partial charge in [0.2, 0.25) is 12.3 Å². The Labute approximate surface area is 113 Å². The fraction of sp³-hybridized carbons (Fsp3) is 0.429. The Hall–Kier alpha value is -2.04. The van der Waals surface area contributed by atoms with Crippen LogP contribution >= 0.6 is 0 Å². The van der Waals surface area contributed by atoms with E-state index in [1.807, 2.05) is 47.2 Å². The molecular weight excluding hydrogens is 242 g/mol. The third kappa shape index (κ3) is 3.47. The smallest absolute Gasteiger partial charge is 0.242 e. The van der Waals surface area contributed by atoms with Crippen LogP contribution in [0.4, 0.5) is 5.69 Å². The van der Waals surface area contributed by atoms with Gasteiger partial charge in [0.1, 0.15) is 0 Å². The van der Waals surface area contributed by atoms with Crippen LogP contribution in [-0.2, 0) is 9.59 Å². The van der Waals surface area contributed by atoms with Crippen molar-refractivity contribution in [2.75, 3.05) is 44.7 Å². The molecular formula is C14H19N3O2. The summed E-state index contributed by atoms with van der Waals surface area (Å²) in [4.78, 5) is 28.2. The van der Waals surface area contributed by atoms with Crippen molar-refractivity contribution < 1.29 is 9.59 Å². The van der Waals surface area contributed by atoms with Crippen LogP contribution in [0.1, 0.15) is 0 Å². The van der Waals surface area contributed by atoms with Crippen LogP contribution in [0.15, 0.2) is 30.3 Å². The number of carbonyl (C=O) groups is 2. The fourth-order valence-corrected chi connectivity index (χ4v) is 2.15. The van der Waals surface area contributed by atoms with Crippen LogP contribution in [0.5, 0.6) is 0 Å². The van der Waals surface area contributed by atoms with Crippen molar-refractivity contribution in [3.05, 3.63) is 30.3 Å². The average molecular weight is 261 g/mol. The van der Waals surface area contributed by atoms with E-state index in [4.69, 9.17) is 0 Å². The van der Waals surface area contributed by atoms with Gasteiger partial charge in [-0.25, -0.2) is 0 Å². The van der Waals surface area contributed by atoms with E-state index >= 15 is 0 Å². The molecule has 0 N–H and O–H groups in total. The van der Waals surface area contributed by atoms with E-state index in [0.29, 0.717) is 32.7 Å². The molecule has 0 spiro atoms. The summed E-state index contributed by atoms with van der Waals surface area (Å²) in [5, 5.41) is 0. The summed E-state index contributed by atoms with van der Waals surface area (Å²) >= 11 is 0. The van der Waals surface area contributed by atoms with Crippen LogP contribution in [0.25, 0.3) is 0 Å². The number of amides is 2. The standard InChI is InChI=1S/C14H19N3O2/c1-15(13-5-3-2-4-6-13)11-14(19)17-9-7-16(12-18)8-10-17/h2-6,12H,7-11H2,1H3. The molecule has 1 aliphatic rings. The Kier molecular flexibility index (Phi) is 4.39. The lowest BCUT2D eigenvalue weighted by Gasteiger charge is -2.33. The van der Waals surface area contributed by atoms with Crippen molar-refractivity contribution in [3.63, 3.8) is 0 Å². The third-order valence-electron chi connectivity index (χ3n) is 3.39. The molecule has 5 heteroatoms. The Morgan fingerprint density at radius 3 is 2.42 bits per heavy atom. The molecule has 1 aliphatic heterocycles. The first-order valence-corrected chi connectivity index (χ1v) is 6.44. The molecule has 5 nitrogen and oxygen atoms in total. The van der Waals surface area contributed by atoms with Crippen LogP contribution in [-0.4, -0.2) is 61.9 Å². The molecule has 2 amide bonds. The van der Waals surface area contributed by atoms with Gasteiger partial charge in [-0.1, -0.05) is 18.2 Å². The number of carbonyl (C=O) groups excluding carboxylic acids is 2. The van der Waals surface area contributed by atoms with Gasteiger partial charge in [0.25, 0.3) is 0 Å². The quantitative estimate of drug-likeness (QED) is 0.738. The van der Waals surface area contributed by atoms with E-state index < -0.39 is 0 Å². The molecule has 0 radical (unpaired) electrons. The van der Waals surface area contributed by atoms with Gasteiger partial charge in [0.15, 0.2) is 0 Å². The molecule has 1 aromatic carbocycles. The molecule has 0 atom stereocenters. The molecule has 102 valence electrons. The first kappa shape index (κ1) is 13.4. The van der Waals surface area contributed by atoms with Crippen LogP contribution in [0.2, 0.25) is 0 Å². The van der Waals surface area contributed by atoms with Crippen LogP contribution in [0, 0.1) is 0 Å². The zero-order chi connectivity index (χ0) is 13.7. The molecule has 0 aliphatic carbocycles. The number of rotatable bonds is 4. The van der Waals surface area contributed by atoms with E-state index in [2.05, 4.69) is 0 Å². The highest BCUT2D eigenvalue weighted by Gasteiger charge is 2.20. The Balaban J connectivity index is 1.86. The summed E-state index contributed by atoms with van der Waals surface area (Å²) in [6.07, 6.45) is 0.845. The molecule has 0 unspecified atom stereocenters. The van der Waals surface area contributed by atoms with Gasteiger partial charge in [-0.2, -0.15) is 0 Å². The summed E-state index contributed by atoms with van der Waals surface area (Å²) in [6, 6.07) is 9.84. The van der Waals surface area contributed by atoms with E-state index in [1.54, 1.807) is 4.90 Å². The number of hydrogen-bond donors (Lipinski definition) is 0. The number of hydrogen-bond acceptors (Lipinski definition) is 3. The maximum absolute atomic E-state index is 12.2. The summed E-state index contributed by atoms with van der Waals surface area (Å²) < 4.78 is 0. The Morgan fingerprint density at radius 1 is 1.21 bits per heavy atom. The van der Waals surface area contributed by atoms with Crippen molar-refractivity contribution in [1.82, 2.24) is 9.80 Å². The summed E-state index contributed by atoms with van der Waals surface area (Å²) in [5.74, 6) is 0.108. The van der Waals surface area contributed by atoms with E-state index in [1.165, 1.54) is 0 Å². The number of para-hydroxylation sites is 1. The average Bonchev–Trinajstić information content (AvgIpc) is 2.48. The van der Waals surface area contributed by atoms with Crippen molar-refractivity contribution in [3.8, 4) is 0 Å². The number of piperazine rings is 1. The SMILES string of the molecule is CN(CC(=O)N1CCN(C=O)CC1)c1ccccc1. The highest BCUT2D eigenvalue weighted by atomic mass is 16.2. The van der Waals surface area contributed by atoms with Crippen LogP contribution in [0.3, 0.4) is 0 Å². The minimum atomic E-state index is 0.108. The van der Waals surface area contributed by atoms with Crippen molar-refractivity contribution >= 4 is 18.0 Å². The second-order valence-electron chi connectivity index (χ2n) is 4.71. The highest BCUT2D eigenvalue weighted by Crippen LogP contribution is 2.11. The number of likely N-dealkylation sites (N-methyl/N-ethyl adjacent to an activating group) is 1. The molecule has 0 saturated carbocycles. The molecule has 1 aromatic rings. The lowest BCUT2D eigenvalue weighted by molar-refractivity contribution is -0.133. The second-order valence-corrected chi connectivity index (χ2v) is 4.71. The summed E-state index contributed by atoms with van der Waals surface area (Å²) in [5.41, 5.74) is 1.03. The zero-order valence-corrected chi connectivity index (χ0v) is 11.2. The van der Waals surface area contributed by atoms with Gasteiger partial charge in [0.05, 0.1) is 6.54 Å². The normalized spacial score (nSPS) is 15.2. The Morgan fingerprint density at radius 2 is 1.84 bits per heavy atom. The number of nitrogens with zero attached hydrogens (tertiary/aromatic N) is 3. The van der Waals surface area contributed by atoms with Gasteiger partial charge in [0, 0.05) is 38.9 Å². The van der Waals surface area contributed by atoms with E-state index in [9.17, 15) is 9.59 Å². The molecule has 19 heavy (non-hydrogen) atoms. The molecule has 0 aromatic heterocycles. The van der Waals surface area contributed by atoms with Gasteiger partial charge < -0.3 is 14.7 Å². The van der Waals surface area contributed by atoms with Crippen molar-refractivity contribution in [1.29, 1.82) is 0 Å². The van der Waals surface area contributed by atoms with Crippen molar-refractivity contribution in [2.45, 2.75) is 0 Å². The predicted molar refractivity (Wildman–Crippen MR) is 73.9 cm³/mol. The molecule has 1 fully saturated rings. The number of benzene rings is 1. The third-order valence-corrected chi connectivity index (χ3v) is 3.39. The van der Waals surface area contributed by atoms with E-state index in [0.717, 1.165) is 12.1 Å². The predicted octanol–water partition coefficient (Wildman–Crippen LogP) is 0.423.